The molecule has 0 spiro atoms. The fourth-order valence-corrected chi connectivity index (χ4v) is 2.75. The first-order chi connectivity index (χ1) is 13.6. The van der Waals surface area contributed by atoms with Gasteiger partial charge in [-0.25, -0.2) is 0 Å². The standard InChI is InChI=1S/C21H24N6O/c1-26(15-9-17-5-11-22-12-6-17)20-4-3-19(24-25-20)21(28)27(2)16-10-18-7-13-23-14-8-18/h3-8,11-14H,9-10,15-16H2,1-2H3. The van der Waals surface area contributed by atoms with E-state index in [0.717, 1.165) is 30.8 Å². The van der Waals surface area contributed by atoms with Crippen LogP contribution in [0.25, 0.3) is 0 Å². The topological polar surface area (TPSA) is 75.1 Å². The highest BCUT2D eigenvalue weighted by Crippen LogP contribution is 2.10. The molecule has 28 heavy (non-hydrogen) atoms. The van der Waals surface area contributed by atoms with Crippen molar-refractivity contribution >= 4 is 11.7 Å². The maximum Gasteiger partial charge on any atom is 0.274 e. The van der Waals surface area contributed by atoms with Crippen molar-refractivity contribution in [2.45, 2.75) is 12.8 Å². The van der Waals surface area contributed by atoms with Gasteiger partial charge in [-0.15, -0.1) is 10.2 Å². The van der Waals surface area contributed by atoms with Gasteiger partial charge in [-0.2, -0.15) is 0 Å². The van der Waals surface area contributed by atoms with Gasteiger partial charge in [0.15, 0.2) is 11.5 Å². The van der Waals surface area contributed by atoms with Gasteiger partial charge in [-0.1, -0.05) is 0 Å². The third-order valence-corrected chi connectivity index (χ3v) is 4.58. The lowest BCUT2D eigenvalue weighted by Gasteiger charge is -2.19. The zero-order valence-corrected chi connectivity index (χ0v) is 16.2. The lowest BCUT2D eigenvalue weighted by molar-refractivity contribution is 0.0789. The minimum Gasteiger partial charge on any atom is -0.358 e. The van der Waals surface area contributed by atoms with E-state index in [1.807, 2.05) is 42.3 Å². The van der Waals surface area contributed by atoms with Crippen molar-refractivity contribution in [1.29, 1.82) is 0 Å². The van der Waals surface area contributed by atoms with Crippen LogP contribution in [0.1, 0.15) is 21.6 Å². The van der Waals surface area contributed by atoms with E-state index in [9.17, 15) is 4.79 Å². The summed E-state index contributed by atoms with van der Waals surface area (Å²) in [4.78, 5) is 24.3. The van der Waals surface area contributed by atoms with Gasteiger partial charge in [0.2, 0.25) is 0 Å². The maximum absolute atomic E-state index is 12.5. The summed E-state index contributed by atoms with van der Waals surface area (Å²) < 4.78 is 0. The Kier molecular flexibility index (Phi) is 6.62. The molecule has 0 aromatic carbocycles. The van der Waals surface area contributed by atoms with E-state index in [1.165, 1.54) is 5.56 Å². The molecular formula is C21H24N6O. The van der Waals surface area contributed by atoms with E-state index in [0.29, 0.717) is 12.2 Å². The molecule has 0 atom stereocenters. The fraction of sp³-hybridized carbons (Fsp3) is 0.286. The van der Waals surface area contributed by atoms with Crippen LogP contribution in [-0.4, -0.2) is 58.2 Å². The Morgan fingerprint density at radius 2 is 1.36 bits per heavy atom. The molecule has 0 radical (unpaired) electrons. The smallest absolute Gasteiger partial charge is 0.274 e. The molecule has 3 rings (SSSR count). The van der Waals surface area contributed by atoms with Crippen molar-refractivity contribution < 1.29 is 4.79 Å². The minimum absolute atomic E-state index is 0.132. The van der Waals surface area contributed by atoms with Crippen molar-refractivity contribution in [1.82, 2.24) is 25.1 Å². The first-order valence-corrected chi connectivity index (χ1v) is 9.21. The van der Waals surface area contributed by atoms with Crippen molar-refractivity contribution in [3.05, 3.63) is 78.0 Å². The van der Waals surface area contributed by atoms with Crippen LogP contribution in [0.2, 0.25) is 0 Å². The number of carbonyl (C=O) groups excluding carboxylic acids is 1. The Balaban J connectivity index is 1.53. The maximum atomic E-state index is 12.5. The number of aromatic nitrogens is 4. The van der Waals surface area contributed by atoms with Gasteiger partial charge >= 0.3 is 0 Å². The fourth-order valence-electron chi connectivity index (χ4n) is 2.75. The lowest BCUT2D eigenvalue weighted by atomic mass is 10.2. The van der Waals surface area contributed by atoms with Gasteiger partial charge in [0.1, 0.15) is 0 Å². The number of pyridine rings is 2. The monoisotopic (exact) mass is 376 g/mol. The van der Waals surface area contributed by atoms with E-state index in [-0.39, 0.29) is 5.91 Å². The highest BCUT2D eigenvalue weighted by atomic mass is 16.2. The number of amides is 1. The van der Waals surface area contributed by atoms with Gasteiger partial charge in [0, 0.05) is 52.0 Å². The van der Waals surface area contributed by atoms with Gasteiger partial charge < -0.3 is 9.80 Å². The molecule has 144 valence electrons. The summed E-state index contributed by atoms with van der Waals surface area (Å²) in [6.07, 6.45) is 8.76. The quantitative estimate of drug-likeness (QED) is 0.600. The van der Waals surface area contributed by atoms with Crippen LogP contribution in [0.3, 0.4) is 0 Å². The Morgan fingerprint density at radius 1 is 0.786 bits per heavy atom. The van der Waals surface area contributed by atoms with Crippen molar-refractivity contribution in [2.75, 3.05) is 32.1 Å². The van der Waals surface area contributed by atoms with Crippen molar-refractivity contribution in [2.24, 2.45) is 0 Å². The molecule has 0 saturated heterocycles. The highest BCUT2D eigenvalue weighted by molar-refractivity contribution is 5.92. The number of rotatable bonds is 8. The first-order valence-electron chi connectivity index (χ1n) is 9.21. The van der Waals surface area contributed by atoms with E-state index in [2.05, 4.69) is 20.2 Å². The number of nitrogens with zero attached hydrogens (tertiary/aromatic N) is 6. The van der Waals surface area contributed by atoms with E-state index < -0.39 is 0 Å². The van der Waals surface area contributed by atoms with Gasteiger partial charge in [-0.3, -0.25) is 14.8 Å². The molecule has 0 bridgehead atoms. The molecule has 3 heterocycles. The Labute approximate surface area is 165 Å². The van der Waals surface area contributed by atoms with Gasteiger partial charge in [0.25, 0.3) is 5.91 Å². The second-order valence-corrected chi connectivity index (χ2v) is 6.64. The molecule has 0 unspecified atom stereocenters. The predicted molar refractivity (Wildman–Crippen MR) is 108 cm³/mol. The average Bonchev–Trinajstić information content (AvgIpc) is 2.77. The van der Waals surface area contributed by atoms with E-state index in [4.69, 9.17) is 0 Å². The Hall–Kier alpha value is -3.35. The number of likely N-dealkylation sites (N-methyl/N-ethyl adjacent to an activating group) is 2. The lowest BCUT2D eigenvalue weighted by Crippen LogP contribution is -2.30. The molecule has 1 amide bonds. The average molecular weight is 376 g/mol. The Bertz CT molecular complexity index is 870. The van der Waals surface area contributed by atoms with Crippen molar-refractivity contribution in [3.8, 4) is 0 Å². The second-order valence-electron chi connectivity index (χ2n) is 6.64. The molecule has 3 aromatic heterocycles. The SMILES string of the molecule is CN(CCc1ccncc1)C(=O)c1ccc(N(C)CCc2ccncc2)nn1. The molecule has 0 fully saturated rings. The molecule has 0 saturated carbocycles. The summed E-state index contributed by atoms with van der Waals surface area (Å²) in [6.45, 7) is 1.41. The third kappa shape index (κ3) is 5.33. The van der Waals surface area contributed by atoms with Gasteiger partial charge in [-0.05, 0) is 60.4 Å². The summed E-state index contributed by atoms with van der Waals surface area (Å²) in [5.41, 5.74) is 2.72. The van der Waals surface area contributed by atoms with Gasteiger partial charge in [0.05, 0.1) is 0 Å². The number of hydrogen-bond donors (Lipinski definition) is 0. The summed E-state index contributed by atoms with van der Waals surface area (Å²) in [7, 11) is 3.74. The van der Waals surface area contributed by atoms with Crippen LogP contribution < -0.4 is 4.90 Å². The number of anilines is 1. The number of hydrogen-bond acceptors (Lipinski definition) is 6. The predicted octanol–water partition coefficient (Wildman–Crippen LogP) is 2.26. The van der Waals surface area contributed by atoms with Crippen LogP contribution in [0.5, 0.6) is 0 Å². The highest BCUT2D eigenvalue weighted by Gasteiger charge is 2.14. The van der Waals surface area contributed by atoms with Crippen LogP contribution in [0.15, 0.2) is 61.2 Å². The van der Waals surface area contributed by atoms with E-state index in [1.54, 1.807) is 42.8 Å². The van der Waals surface area contributed by atoms with Crippen LogP contribution >= 0.6 is 0 Å². The van der Waals surface area contributed by atoms with Crippen molar-refractivity contribution in [3.63, 3.8) is 0 Å². The normalized spacial score (nSPS) is 10.5. The molecule has 0 aliphatic heterocycles. The van der Waals surface area contributed by atoms with Crippen LogP contribution in [0, 0.1) is 0 Å². The zero-order chi connectivity index (χ0) is 19.8. The number of carbonyl (C=O) groups is 1. The molecule has 7 nitrogen and oxygen atoms in total. The molecule has 7 heteroatoms. The molecular weight excluding hydrogens is 352 g/mol. The van der Waals surface area contributed by atoms with Crippen LogP contribution in [0.4, 0.5) is 5.82 Å². The summed E-state index contributed by atoms with van der Waals surface area (Å²) in [6, 6.07) is 11.5. The zero-order valence-electron chi connectivity index (χ0n) is 16.2. The Morgan fingerprint density at radius 3 is 1.89 bits per heavy atom. The summed E-state index contributed by atoms with van der Waals surface area (Å²) >= 11 is 0. The first kappa shape index (κ1) is 19.4. The molecule has 0 N–H and O–H groups in total. The van der Waals surface area contributed by atoms with E-state index >= 15 is 0 Å². The van der Waals surface area contributed by atoms with Crippen LogP contribution in [-0.2, 0) is 12.8 Å². The third-order valence-electron chi connectivity index (χ3n) is 4.58. The largest absolute Gasteiger partial charge is 0.358 e. The molecule has 0 aliphatic carbocycles. The minimum atomic E-state index is -0.132. The second kappa shape index (κ2) is 9.55. The summed E-state index contributed by atoms with van der Waals surface area (Å²) in [5.74, 6) is 0.609. The summed E-state index contributed by atoms with van der Waals surface area (Å²) in [5, 5.41) is 8.35. The molecule has 0 aliphatic rings. The molecule has 3 aromatic rings.